The lowest BCUT2D eigenvalue weighted by Crippen LogP contribution is -2.45. The van der Waals surface area contributed by atoms with Crippen LogP contribution < -0.4 is 5.32 Å². The smallest absolute Gasteiger partial charge is 0.305 e. The first-order chi connectivity index (χ1) is 40.5. The summed E-state index contributed by atoms with van der Waals surface area (Å²) in [5, 5.41) is 23.2. The number of nitrogens with one attached hydrogen (secondary N) is 1. The third-order valence-corrected chi connectivity index (χ3v) is 17.4. The highest BCUT2D eigenvalue weighted by Crippen LogP contribution is 2.19. The first-order valence-electron chi connectivity index (χ1n) is 37.3. The van der Waals surface area contributed by atoms with E-state index in [1.807, 2.05) is 6.08 Å². The molecular weight excluding hydrogens is 1010 g/mol. The van der Waals surface area contributed by atoms with E-state index in [0.717, 1.165) is 44.9 Å². The van der Waals surface area contributed by atoms with E-state index >= 15 is 0 Å². The molecular formula is C76H145NO5. The van der Waals surface area contributed by atoms with Gasteiger partial charge in [0.2, 0.25) is 5.91 Å². The number of carbonyl (C=O) groups is 2. The van der Waals surface area contributed by atoms with Crippen molar-refractivity contribution in [2.75, 3.05) is 13.2 Å². The summed E-state index contributed by atoms with van der Waals surface area (Å²) in [5.41, 5.74) is 0. The first kappa shape index (κ1) is 80.1. The fraction of sp³-hybridized carbons (Fsp3) is 0.895. The van der Waals surface area contributed by atoms with Crippen molar-refractivity contribution in [3.63, 3.8) is 0 Å². The molecule has 0 heterocycles. The van der Waals surface area contributed by atoms with Gasteiger partial charge in [-0.25, -0.2) is 0 Å². The number of esters is 1. The maximum absolute atomic E-state index is 12.5. The van der Waals surface area contributed by atoms with Gasteiger partial charge >= 0.3 is 5.97 Å². The summed E-state index contributed by atoms with van der Waals surface area (Å²) in [6.45, 7) is 4.93. The van der Waals surface area contributed by atoms with Crippen LogP contribution in [0.15, 0.2) is 36.5 Å². The van der Waals surface area contributed by atoms with Gasteiger partial charge in [0, 0.05) is 12.8 Å². The predicted molar refractivity (Wildman–Crippen MR) is 361 cm³/mol. The van der Waals surface area contributed by atoms with Gasteiger partial charge in [-0.2, -0.15) is 0 Å². The molecule has 6 heteroatoms. The van der Waals surface area contributed by atoms with Gasteiger partial charge in [-0.3, -0.25) is 9.59 Å². The number of unbranched alkanes of at least 4 members (excludes halogenated alkanes) is 55. The van der Waals surface area contributed by atoms with E-state index in [-0.39, 0.29) is 18.5 Å². The summed E-state index contributed by atoms with van der Waals surface area (Å²) < 4.78 is 5.49. The van der Waals surface area contributed by atoms with Crippen LogP contribution in [0.5, 0.6) is 0 Å². The van der Waals surface area contributed by atoms with Crippen molar-refractivity contribution in [3.8, 4) is 0 Å². The highest BCUT2D eigenvalue weighted by atomic mass is 16.5. The zero-order chi connectivity index (χ0) is 59.2. The Morgan fingerprint density at radius 1 is 0.329 bits per heavy atom. The minimum absolute atomic E-state index is 0.00997. The molecule has 0 aliphatic carbocycles. The van der Waals surface area contributed by atoms with Crippen molar-refractivity contribution in [1.29, 1.82) is 0 Å². The second-order valence-electron chi connectivity index (χ2n) is 25.6. The summed E-state index contributed by atoms with van der Waals surface area (Å²) >= 11 is 0. The number of rotatable bonds is 70. The van der Waals surface area contributed by atoms with Crippen molar-refractivity contribution in [3.05, 3.63) is 36.5 Å². The fourth-order valence-electron chi connectivity index (χ4n) is 11.7. The molecule has 0 bridgehead atoms. The molecule has 6 nitrogen and oxygen atoms in total. The van der Waals surface area contributed by atoms with Crippen LogP contribution in [-0.4, -0.2) is 47.4 Å². The zero-order valence-electron chi connectivity index (χ0n) is 55.5. The summed E-state index contributed by atoms with van der Waals surface area (Å²) in [4.78, 5) is 24.6. The van der Waals surface area contributed by atoms with Gasteiger partial charge in [0.05, 0.1) is 25.4 Å². The molecule has 0 aromatic heterocycles. The lowest BCUT2D eigenvalue weighted by atomic mass is 10.0. The molecule has 1 amide bonds. The van der Waals surface area contributed by atoms with Crippen molar-refractivity contribution in [1.82, 2.24) is 5.32 Å². The molecule has 0 rings (SSSR count). The van der Waals surface area contributed by atoms with Gasteiger partial charge in [0.15, 0.2) is 0 Å². The third kappa shape index (κ3) is 67.2. The van der Waals surface area contributed by atoms with E-state index in [1.54, 1.807) is 6.08 Å². The Morgan fingerprint density at radius 2 is 0.573 bits per heavy atom. The Morgan fingerprint density at radius 3 is 0.866 bits per heavy atom. The van der Waals surface area contributed by atoms with Crippen molar-refractivity contribution < 1.29 is 24.5 Å². The number of carbonyl (C=O) groups excluding carboxylic acids is 2. The van der Waals surface area contributed by atoms with Crippen LogP contribution in [0.2, 0.25) is 0 Å². The van der Waals surface area contributed by atoms with Gasteiger partial charge < -0.3 is 20.3 Å². The second-order valence-corrected chi connectivity index (χ2v) is 25.6. The standard InChI is InChI=1S/C76H145NO5/c1-3-5-7-9-11-13-15-17-19-20-34-37-41-44-48-52-56-60-64-68-74(79)73(72-78)77-75(80)69-65-61-57-53-49-45-42-38-35-32-30-28-26-24-22-21-23-25-27-29-31-33-36-39-43-47-51-55-59-63-67-71-82-76(81)70-66-62-58-54-50-46-40-18-16-14-12-10-8-6-4-2/h18,23,25,40,64,68,73-74,78-79H,3-17,19-22,24,26-39,41-63,65-67,69-72H2,1-2H3,(H,77,80)/b25-23-,40-18-,68-64+. The second kappa shape index (κ2) is 71.6. The van der Waals surface area contributed by atoms with E-state index in [2.05, 4.69) is 43.5 Å². The zero-order valence-corrected chi connectivity index (χ0v) is 55.5. The van der Waals surface area contributed by atoms with Gasteiger partial charge in [0.1, 0.15) is 0 Å². The molecule has 0 fully saturated rings. The van der Waals surface area contributed by atoms with E-state index in [4.69, 9.17) is 4.74 Å². The minimum Gasteiger partial charge on any atom is -0.466 e. The van der Waals surface area contributed by atoms with Gasteiger partial charge in [-0.15, -0.1) is 0 Å². The van der Waals surface area contributed by atoms with Gasteiger partial charge in [-0.05, 0) is 83.5 Å². The number of aliphatic hydroxyl groups excluding tert-OH is 2. The van der Waals surface area contributed by atoms with Crippen molar-refractivity contribution in [2.45, 2.75) is 424 Å². The molecule has 0 aromatic rings. The lowest BCUT2D eigenvalue weighted by Gasteiger charge is -2.20. The summed E-state index contributed by atoms with van der Waals surface area (Å²) in [6.07, 6.45) is 92.4. The normalized spacial score (nSPS) is 12.7. The predicted octanol–water partition coefficient (Wildman–Crippen LogP) is 24.3. The van der Waals surface area contributed by atoms with Crippen LogP contribution in [0.1, 0.15) is 412 Å². The Bertz CT molecular complexity index is 1330. The number of amides is 1. The highest BCUT2D eigenvalue weighted by Gasteiger charge is 2.18. The van der Waals surface area contributed by atoms with Crippen molar-refractivity contribution >= 4 is 11.9 Å². The van der Waals surface area contributed by atoms with E-state index in [9.17, 15) is 19.8 Å². The largest absolute Gasteiger partial charge is 0.466 e. The average Bonchev–Trinajstić information content (AvgIpc) is 3.48. The molecule has 0 radical (unpaired) electrons. The van der Waals surface area contributed by atoms with Crippen LogP contribution in [-0.2, 0) is 14.3 Å². The topological polar surface area (TPSA) is 95.9 Å². The van der Waals surface area contributed by atoms with Gasteiger partial charge in [0.25, 0.3) is 0 Å². The molecule has 0 aliphatic rings. The van der Waals surface area contributed by atoms with E-state index in [1.165, 1.54) is 340 Å². The molecule has 3 N–H and O–H groups in total. The van der Waals surface area contributed by atoms with Crippen LogP contribution in [0, 0.1) is 0 Å². The average molecular weight is 1150 g/mol. The number of hydrogen-bond acceptors (Lipinski definition) is 5. The molecule has 0 aromatic carbocycles. The number of ether oxygens (including phenoxy) is 1. The number of aliphatic hydroxyl groups is 2. The molecule has 2 unspecified atom stereocenters. The van der Waals surface area contributed by atoms with Crippen molar-refractivity contribution in [2.24, 2.45) is 0 Å². The maximum Gasteiger partial charge on any atom is 0.305 e. The molecule has 0 saturated carbocycles. The summed E-state index contributed by atoms with van der Waals surface area (Å²) in [7, 11) is 0. The fourth-order valence-corrected chi connectivity index (χ4v) is 11.7. The molecule has 484 valence electrons. The first-order valence-corrected chi connectivity index (χ1v) is 37.3. The molecule has 0 aliphatic heterocycles. The SMILES string of the molecule is CCCCCCCC/C=C\CCCCCCCC(=O)OCCCCCCCCCCCCCC/C=C\CCCCCCCCCCCCCCCCCC(=O)NC(CO)C(O)/C=C/CCCCCCCCCCCCCCCCCCC. The minimum atomic E-state index is -0.844. The number of hydrogen-bond donors (Lipinski definition) is 3. The maximum atomic E-state index is 12.5. The Balaban J connectivity index is 3.38. The van der Waals surface area contributed by atoms with Crippen LogP contribution in [0.3, 0.4) is 0 Å². The summed E-state index contributed by atoms with van der Waals surface area (Å²) in [5.74, 6) is -0.0523. The van der Waals surface area contributed by atoms with Crippen LogP contribution in [0.25, 0.3) is 0 Å². The van der Waals surface area contributed by atoms with E-state index < -0.39 is 12.1 Å². The Labute approximate surface area is 513 Å². The monoisotopic (exact) mass is 1150 g/mol. The van der Waals surface area contributed by atoms with Gasteiger partial charge in [-0.1, -0.05) is 352 Å². The Kier molecular flexibility index (Phi) is 69.9. The van der Waals surface area contributed by atoms with Crippen LogP contribution in [0.4, 0.5) is 0 Å². The third-order valence-electron chi connectivity index (χ3n) is 17.4. The van der Waals surface area contributed by atoms with Crippen LogP contribution >= 0.6 is 0 Å². The molecule has 0 spiro atoms. The lowest BCUT2D eigenvalue weighted by molar-refractivity contribution is -0.143. The molecule has 82 heavy (non-hydrogen) atoms. The summed E-state index contributed by atoms with van der Waals surface area (Å²) in [6, 6.07) is -0.627. The molecule has 0 saturated heterocycles. The number of allylic oxidation sites excluding steroid dienone is 5. The Hall–Kier alpha value is -1.92. The highest BCUT2D eigenvalue weighted by molar-refractivity contribution is 5.76. The quantitative estimate of drug-likeness (QED) is 0.0320. The molecule has 2 atom stereocenters. The van der Waals surface area contributed by atoms with E-state index in [0.29, 0.717) is 19.4 Å².